The smallest absolute Gasteiger partial charge is 0.225 e. The van der Waals surface area contributed by atoms with Crippen molar-refractivity contribution in [3.05, 3.63) is 78.4 Å². The van der Waals surface area contributed by atoms with Crippen molar-refractivity contribution in [1.82, 2.24) is 20.2 Å². The molecule has 2 aromatic carbocycles. The summed E-state index contributed by atoms with van der Waals surface area (Å²) in [6, 6.07) is 16.8. The molecule has 7 heteroatoms. The Kier molecular flexibility index (Phi) is 8.20. The van der Waals surface area contributed by atoms with E-state index in [1.807, 2.05) is 12.1 Å². The summed E-state index contributed by atoms with van der Waals surface area (Å²) in [6.45, 7) is 6.84. The minimum Gasteiger partial charge on any atom is -0.355 e. The van der Waals surface area contributed by atoms with Gasteiger partial charge < -0.3 is 10.2 Å². The summed E-state index contributed by atoms with van der Waals surface area (Å²) in [5, 5.41) is 3.13. The van der Waals surface area contributed by atoms with Crippen molar-refractivity contribution in [2.45, 2.75) is 26.3 Å². The summed E-state index contributed by atoms with van der Waals surface area (Å²) in [5.74, 6) is 0.340. The highest BCUT2D eigenvalue weighted by Crippen LogP contribution is 2.23. The number of nitrogens with one attached hydrogen (secondary N) is 1. The normalized spacial score (nSPS) is 16.0. The lowest BCUT2D eigenvalue weighted by molar-refractivity contribution is -0.125. The van der Waals surface area contributed by atoms with Crippen LogP contribution in [-0.4, -0.2) is 53.5 Å². The lowest BCUT2D eigenvalue weighted by atomic mass is 9.97. The number of likely N-dealkylation sites (N-methyl/N-ethyl adjacent to an activating group) is 1. The van der Waals surface area contributed by atoms with E-state index in [9.17, 15) is 9.18 Å². The molecule has 1 atom stereocenters. The van der Waals surface area contributed by atoms with Crippen molar-refractivity contribution in [2.24, 2.45) is 5.92 Å². The van der Waals surface area contributed by atoms with E-state index in [2.05, 4.69) is 56.3 Å². The first kappa shape index (κ1) is 23.8. The first-order valence-electron chi connectivity index (χ1n) is 12.0. The second-order valence-corrected chi connectivity index (χ2v) is 8.71. The lowest BCUT2D eigenvalue weighted by Gasteiger charge is -2.32. The van der Waals surface area contributed by atoms with Crippen LogP contribution in [0, 0.1) is 11.7 Å². The summed E-state index contributed by atoms with van der Waals surface area (Å²) in [5.41, 5.74) is 2.79. The molecule has 1 amide bonds. The molecule has 6 nitrogen and oxygen atoms in total. The molecule has 0 bridgehead atoms. The van der Waals surface area contributed by atoms with Crippen LogP contribution in [0.4, 0.5) is 10.3 Å². The number of carbonyl (C=O) groups excluding carboxylic acids is 1. The second kappa shape index (κ2) is 11.7. The molecule has 1 fully saturated rings. The number of aromatic nitrogens is 2. The summed E-state index contributed by atoms with van der Waals surface area (Å²) in [6.07, 6.45) is 5.22. The minimum absolute atomic E-state index is 0.0792. The molecule has 1 unspecified atom stereocenters. The predicted octanol–water partition coefficient (Wildman–Crippen LogP) is 4.14. The van der Waals surface area contributed by atoms with E-state index in [4.69, 9.17) is 0 Å². The number of amides is 1. The average molecular weight is 462 g/mol. The topological polar surface area (TPSA) is 61.4 Å². The number of rotatable bonds is 9. The van der Waals surface area contributed by atoms with Gasteiger partial charge in [0.05, 0.1) is 5.92 Å². The van der Waals surface area contributed by atoms with E-state index in [0.717, 1.165) is 50.1 Å². The Balaban J connectivity index is 1.28. The molecule has 1 saturated heterocycles. The molecule has 2 heterocycles. The maximum Gasteiger partial charge on any atom is 0.225 e. The van der Waals surface area contributed by atoms with Gasteiger partial charge in [0.25, 0.3) is 0 Å². The van der Waals surface area contributed by atoms with Gasteiger partial charge in [-0.15, -0.1) is 0 Å². The molecule has 0 spiro atoms. The van der Waals surface area contributed by atoms with Crippen LogP contribution in [0.1, 0.15) is 25.3 Å². The molecular formula is C27H32FN5O. The Labute approximate surface area is 200 Å². The zero-order valence-corrected chi connectivity index (χ0v) is 19.7. The fraction of sp³-hybridized carbons (Fsp3) is 0.370. The number of piperidine rings is 1. The van der Waals surface area contributed by atoms with Crippen molar-refractivity contribution in [2.75, 3.05) is 37.6 Å². The molecule has 3 aromatic rings. The van der Waals surface area contributed by atoms with Crippen molar-refractivity contribution < 1.29 is 9.18 Å². The van der Waals surface area contributed by atoms with Crippen LogP contribution in [0.15, 0.2) is 67.0 Å². The first-order chi connectivity index (χ1) is 16.6. The van der Waals surface area contributed by atoms with Gasteiger partial charge in [-0.05, 0) is 42.6 Å². The minimum atomic E-state index is -0.284. The van der Waals surface area contributed by atoms with E-state index < -0.39 is 0 Å². The van der Waals surface area contributed by atoms with Crippen molar-refractivity contribution in [3.8, 4) is 11.1 Å². The van der Waals surface area contributed by atoms with E-state index in [0.29, 0.717) is 19.0 Å². The number of halogens is 1. The maximum absolute atomic E-state index is 13.5. The van der Waals surface area contributed by atoms with E-state index >= 15 is 0 Å². The average Bonchev–Trinajstić information content (AvgIpc) is 2.89. The van der Waals surface area contributed by atoms with Gasteiger partial charge in [0.2, 0.25) is 11.9 Å². The van der Waals surface area contributed by atoms with E-state index in [1.54, 1.807) is 18.5 Å². The molecule has 34 heavy (non-hydrogen) atoms. The van der Waals surface area contributed by atoms with Crippen LogP contribution < -0.4 is 10.2 Å². The van der Waals surface area contributed by atoms with Crippen LogP contribution in [0.3, 0.4) is 0 Å². The van der Waals surface area contributed by atoms with Crippen molar-refractivity contribution in [3.63, 3.8) is 0 Å². The Morgan fingerprint density at radius 2 is 1.91 bits per heavy atom. The monoisotopic (exact) mass is 461 g/mol. The van der Waals surface area contributed by atoms with Crippen LogP contribution in [0.5, 0.6) is 0 Å². The largest absolute Gasteiger partial charge is 0.355 e. The number of carbonyl (C=O) groups is 1. The molecule has 1 aliphatic heterocycles. The third-order valence-electron chi connectivity index (χ3n) is 6.29. The van der Waals surface area contributed by atoms with Gasteiger partial charge in [0, 0.05) is 50.7 Å². The summed E-state index contributed by atoms with van der Waals surface area (Å²) in [4.78, 5) is 26.2. The van der Waals surface area contributed by atoms with Gasteiger partial charge in [-0.2, -0.15) is 0 Å². The van der Waals surface area contributed by atoms with Gasteiger partial charge in [-0.3, -0.25) is 9.69 Å². The number of hydrogen-bond donors (Lipinski definition) is 1. The zero-order chi connectivity index (χ0) is 23.8. The number of nitrogens with zero attached hydrogens (tertiary/aromatic N) is 4. The number of benzene rings is 2. The quantitative estimate of drug-likeness (QED) is 0.519. The summed E-state index contributed by atoms with van der Waals surface area (Å²) >= 11 is 0. The molecule has 1 aliphatic rings. The van der Waals surface area contributed by atoms with Crippen molar-refractivity contribution in [1.29, 1.82) is 0 Å². The Bertz CT molecular complexity index is 1060. The SMILES string of the molecule is CCN(CCNC(=O)C1CCCN(c2ncc(-c3cccc(F)c3)cn2)C1)Cc1ccccc1. The van der Waals surface area contributed by atoms with Gasteiger partial charge in [-0.25, -0.2) is 14.4 Å². The highest BCUT2D eigenvalue weighted by molar-refractivity contribution is 5.79. The molecule has 1 aromatic heterocycles. The Morgan fingerprint density at radius 1 is 1.12 bits per heavy atom. The van der Waals surface area contributed by atoms with Crippen LogP contribution in [-0.2, 0) is 11.3 Å². The molecule has 4 rings (SSSR count). The summed E-state index contributed by atoms with van der Waals surface area (Å²) in [7, 11) is 0. The number of anilines is 1. The molecule has 0 saturated carbocycles. The predicted molar refractivity (Wildman–Crippen MR) is 133 cm³/mol. The molecule has 178 valence electrons. The maximum atomic E-state index is 13.5. The third-order valence-corrected chi connectivity index (χ3v) is 6.29. The van der Waals surface area contributed by atoms with E-state index in [1.165, 1.54) is 17.7 Å². The fourth-order valence-corrected chi connectivity index (χ4v) is 4.35. The fourth-order valence-electron chi connectivity index (χ4n) is 4.35. The lowest BCUT2D eigenvalue weighted by Crippen LogP contribution is -2.45. The van der Waals surface area contributed by atoms with Crippen LogP contribution in [0.2, 0.25) is 0 Å². The molecule has 0 radical (unpaired) electrons. The van der Waals surface area contributed by atoms with E-state index in [-0.39, 0.29) is 17.6 Å². The van der Waals surface area contributed by atoms with Gasteiger partial charge in [-0.1, -0.05) is 49.4 Å². The summed E-state index contributed by atoms with van der Waals surface area (Å²) < 4.78 is 13.5. The molecular weight excluding hydrogens is 429 g/mol. The Morgan fingerprint density at radius 3 is 2.65 bits per heavy atom. The highest BCUT2D eigenvalue weighted by atomic mass is 19.1. The van der Waals surface area contributed by atoms with Crippen molar-refractivity contribution >= 4 is 11.9 Å². The molecule has 0 aliphatic carbocycles. The van der Waals surface area contributed by atoms with Crippen LogP contribution in [0.25, 0.3) is 11.1 Å². The first-order valence-corrected chi connectivity index (χ1v) is 12.0. The second-order valence-electron chi connectivity index (χ2n) is 8.71. The van der Waals surface area contributed by atoms with Gasteiger partial charge in [0.1, 0.15) is 5.82 Å². The van der Waals surface area contributed by atoms with Gasteiger partial charge >= 0.3 is 0 Å². The molecule has 1 N–H and O–H groups in total. The Hall–Kier alpha value is -3.32. The highest BCUT2D eigenvalue weighted by Gasteiger charge is 2.27. The standard InChI is InChI=1S/C27H32FN5O/c1-2-32(19-21-8-4-3-5-9-21)15-13-29-26(34)23-11-7-14-33(20-23)27-30-17-24(18-31-27)22-10-6-12-25(28)16-22/h3-6,8-10,12,16-18,23H,2,7,11,13-15,19-20H2,1H3,(H,29,34). The van der Waals surface area contributed by atoms with Gasteiger partial charge in [0.15, 0.2) is 0 Å². The zero-order valence-electron chi connectivity index (χ0n) is 19.7. The van der Waals surface area contributed by atoms with Crippen LogP contribution >= 0.6 is 0 Å². The third kappa shape index (κ3) is 6.38. The number of hydrogen-bond acceptors (Lipinski definition) is 5.